The average Bonchev–Trinajstić information content (AvgIpc) is 2.85. The van der Waals surface area contributed by atoms with E-state index in [1.165, 1.54) is 11.3 Å². The Morgan fingerprint density at radius 3 is 2.00 bits per heavy atom. The van der Waals surface area contributed by atoms with Gasteiger partial charge in [0.05, 0.1) is 24.4 Å². The quantitative estimate of drug-likeness (QED) is 0.186. The van der Waals surface area contributed by atoms with Gasteiger partial charge in [0.2, 0.25) is 0 Å². The van der Waals surface area contributed by atoms with Gasteiger partial charge in [-0.2, -0.15) is 0 Å². The molecule has 1 saturated carbocycles. The van der Waals surface area contributed by atoms with Crippen LogP contribution in [0, 0.1) is 5.41 Å². The van der Waals surface area contributed by atoms with Crippen LogP contribution < -0.4 is 10.6 Å². The predicted molar refractivity (Wildman–Crippen MR) is 130 cm³/mol. The first-order chi connectivity index (χ1) is 15.2. The largest absolute Gasteiger partial charge is 0.465 e. The van der Waals surface area contributed by atoms with E-state index in [1.807, 2.05) is 13.8 Å². The molecule has 1 aliphatic rings. The molecule has 7 atom stereocenters. The minimum atomic E-state index is -1.32. The van der Waals surface area contributed by atoms with Crippen molar-refractivity contribution >= 4 is 6.09 Å². The van der Waals surface area contributed by atoms with Gasteiger partial charge in [-0.15, -0.1) is 0 Å². The van der Waals surface area contributed by atoms with E-state index in [1.54, 1.807) is 14.1 Å². The van der Waals surface area contributed by atoms with Gasteiger partial charge in [0.15, 0.2) is 0 Å². The van der Waals surface area contributed by atoms with Crippen LogP contribution in [0.4, 0.5) is 4.79 Å². The Hall–Kier alpha value is -1.01. The zero-order valence-corrected chi connectivity index (χ0v) is 21.8. The summed E-state index contributed by atoms with van der Waals surface area (Å²) in [5, 5.41) is 63.8. The van der Waals surface area contributed by atoms with Crippen LogP contribution in [-0.2, 0) is 0 Å². The SMILES string of the molecule is CC.CCC(C)(C)C.CN(C)C(O)CC(O)C(CNC1CCCC(O)C(O)C1O)NC(=O)O. The normalized spacial score (nSPS) is 26.0. The number of amides is 1. The second-order valence-corrected chi connectivity index (χ2v) is 9.71. The number of carboxylic acid groups (broad SMARTS) is 1. The maximum absolute atomic E-state index is 11.0. The molecule has 0 bridgehead atoms. The van der Waals surface area contributed by atoms with E-state index in [2.05, 4.69) is 38.3 Å². The second kappa shape index (κ2) is 17.4. The summed E-state index contributed by atoms with van der Waals surface area (Å²) in [5.41, 5.74) is 0.542. The summed E-state index contributed by atoms with van der Waals surface area (Å²) in [6, 6.07) is -1.46. The van der Waals surface area contributed by atoms with Crippen LogP contribution in [0.1, 0.15) is 73.6 Å². The van der Waals surface area contributed by atoms with E-state index in [0.717, 1.165) is 0 Å². The maximum Gasteiger partial charge on any atom is 0.405 e. The first kappa shape index (κ1) is 34.2. The fourth-order valence-corrected chi connectivity index (χ4v) is 2.89. The van der Waals surface area contributed by atoms with Crippen molar-refractivity contribution in [2.24, 2.45) is 5.41 Å². The van der Waals surface area contributed by atoms with Gasteiger partial charge in [0.1, 0.15) is 12.3 Å². The van der Waals surface area contributed by atoms with Crippen LogP contribution in [0.25, 0.3) is 0 Å². The predicted octanol–water partition coefficient (Wildman–Crippen LogP) is 0.947. The number of rotatable bonds is 8. The van der Waals surface area contributed by atoms with Crippen molar-refractivity contribution in [3.05, 3.63) is 0 Å². The molecule has 1 aliphatic carbocycles. The lowest BCUT2D eigenvalue weighted by Crippen LogP contribution is -2.55. The zero-order valence-electron chi connectivity index (χ0n) is 21.8. The third-order valence-electron chi connectivity index (χ3n) is 5.65. The minimum Gasteiger partial charge on any atom is -0.465 e. The number of nitrogens with one attached hydrogen (secondary N) is 2. The Morgan fingerprint density at radius 1 is 1.06 bits per heavy atom. The molecule has 8 N–H and O–H groups in total. The average molecular weight is 482 g/mol. The second-order valence-electron chi connectivity index (χ2n) is 9.71. The number of nitrogens with zero attached hydrogens (tertiary/aromatic N) is 1. The van der Waals surface area contributed by atoms with E-state index in [4.69, 9.17) is 5.11 Å². The van der Waals surface area contributed by atoms with Gasteiger partial charge in [-0.3, -0.25) is 4.90 Å². The molecule has 0 radical (unpaired) electrons. The summed E-state index contributed by atoms with van der Waals surface area (Å²) in [7, 11) is 3.26. The summed E-state index contributed by atoms with van der Waals surface area (Å²) in [5.74, 6) is 0. The minimum absolute atomic E-state index is 0.00183. The van der Waals surface area contributed by atoms with Crippen molar-refractivity contribution in [2.45, 2.75) is 116 Å². The Balaban J connectivity index is 0. The lowest BCUT2D eigenvalue weighted by Gasteiger charge is -2.31. The number of hydrogen-bond donors (Lipinski definition) is 8. The van der Waals surface area contributed by atoms with E-state index >= 15 is 0 Å². The van der Waals surface area contributed by atoms with Crippen LogP contribution >= 0.6 is 0 Å². The topological polar surface area (TPSA) is 166 Å². The van der Waals surface area contributed by atoms with Crippen LogP contribution in [0.3, 0.4) is 0 Å². The summed E-state index contributed by atoms with van der Waals surface area (Å²) in [4.78, 5) is 12.4. The van der Waals surface area contributed by atoms with Crippen molar-refractivity contribution in [3.8, 4) is 0 Å². The van der Waals surface area contributed by atoms with Gasteiger partial charge in [0, 0.05) is 19.0 Å². The van der Waals surface area contributed by atoms with Crippen LogP contribution in [-0.4, -0.2) is 105 Å². The maximum atomic E-state index is 11.0. The molecule has 33 heavy (non-hydrogen) atoms. The summed E-state index contributed by atoms with van der Waals surface area (Å²) in [6.07, 6.45) is -4.24. The van der Waals surface area contributed by atoms with Crippen molar-refractivity contribution in [1.29, 1.82) is 0 Å². The fourth-order valence-electron chi connectivity index (χ4n) is 2.89. The number of aliphatic hydroxyl groups excluding tert-OH is 5. The smallest absolute Gasteiger partial charge is 0.405 e. The van der Waals surface area contributed by atoms with Crippen molar-refractivity contribution in [2.75, 3.05) is 20.6 Å². The monoisotopic (exact) mass is 481 g/mol. The Labute approximate surface area is 200 Å². The summed E-state index contributed by atoms with van der Waals surface area (Å²) < 4.78 is 0. The molecule has 1 amide bonds. The van der Waals surface area contributed by atoms with Crippen LogP contribution in [0.15, 0.2) is 0 Å². The van der Waals surface area contributed by atoms with Crippen molar-refractivity contribution in [1.82, 2.24) is 15.5 Å². The first-order valence-electron chi connectivity index (χ1n) is 12.0. The van der Waals surface area contributed by atoms with Gasteiger partial charge in [-0.25, -0.2) is 4.79 Å². The molecule has 10 heteroatoms. The highest BCUT2D eigenvalue weighted by Gasteiger charge is 2.35. The van der Waals surface area contributed by atoms with Crippen molar-refractivity contribution in [3.63, 3.8) is 0 Å². The van der Waals surface area contributed by atoms with E-state index in [0.29, 0.717) is 24.7 Å². The third kappa shape index (κ3) is 15.5. The van der Waals surface area contributed by atoms with Gasteiger partial charge < -0.3 is 41.3 Å². The van der Waals surface area contributed by atoms with Gasteiger partial charge in [-0.05, 0) is 38.8 Å². The van der Waals surface area contributed by atoms with E-state index < -0.39 is 48.8 Å². The highest BCUT2D eigenvalue weighted by molar-refractivity contribution is 5.65. The van der Waals surface area contributed by atoms with E-state index in [9.17, 15) is 30.3 Å². The van der Waals surface area contributed by atoms with Crippen molar-refractivity contribution < 1.29 is 35.4 Å². The molecule has 0 aromatic heterocycles. The molecule has 0 aromatic rings. The molecule has 0 spiro atoms. The van der Waals surface area contributed by atoms with E-state index in [-0.39, 0.29) is 13.0 Å². The molecule has 1 fully saturated rings. The molecule has 200 valence electrons. The lowest BCUT2D eigenvalue weighted by atomic mass is 9.94. The Morgan fingerprint density at radius 2 is 1.58 bits per heavy atom. The molecular weight excluding hydrogens is 430 g/mol. The molecule has 0 heterocycles. The number of aliphatic hydroxyl groups is 5. The molecule has 1 rings (SSSR count). The summed E-state index contributed by atoms with van der Waals surface area (Å²) >= 11 is 0. The van der Waals surface area contributed by atoms with Crippen LogP contribution in [0.2, 0.25) is 0 Å². The molecule has 0 saturated heterocycles. The first-order valence-corrected chi connectivity index (χ1v) is 12.0. The molecule has 7 unspecified atom stereocenters. The summed E-state index contributed by atoms with van der Waals surface area (Å²) in [6.45, 7) is 12.9. The number of hydrogen-bond acceptors (Lipinski definition) is 8. The van der Waals surface area contributed by atoms with Gasteiger partial charge >= 0.3 is 6.09 Å². The molecule has 0 aromatic carbocycles. The Bertz CT molecular complexity index is 503. The van der Waals surface area contributed by atoms with Crippen LogP contribution in [0.5, 0.6) is 0 Å². The number of carbonyl (C=O) groups is 1. The molecule has 10 nitrogen and oxygen atoms in total. The fraction of sp³-hybridized carbons (Fsp3) is 0.957. The third-order valence-corrected chi connectivity index (χ3v) is 5.65. The molecular formula is C23H51N3O7. The van der Waals surface area contributed by atoms with Gasteiger partial charge in [-0.1, -0.05) is 48.0 Å². The van der Waals surface area contributed by atoms with Gasteiger partial charge in [0.25, 0.3) is 0 Å². The Kier molecular flexibility index (Phi) is 18.0. The lowest BCUT2D eigenvalue weighted by molar-refractivity contribution is -0.0654. The highest BCUT2D eigenvalue weighted by Crippen LogP contribution is 2.20. The highest BCUT2D eigenvalue weighted by atomic mass is 16.4. The molecule has 0 aliphatic heterocycles. The zero-order chi connectivity index (χ0) is 26.4. The standard InChI is InChI=1S/C15H31N3O7.C6H14.C2H6/c1-18(2)12(21)6-11(20)9(17-15(24)25)7-16-8-4-3-5-10(19)14(23)13(8)22;1-5-6(2,3)4;1-2/h8-14,16-17,19-23H,3-7H2,1-2H3,(H,24,25);5H2,1-4H3;1-2H3.